The highest BCUT2D eigenvalue weighted by atomic mass is 19.1. The summed E-state index contributed by atoms with van der Waals surface area (Å²) in [7, 11) is 0. The minimum Gasteiger partial charge on any atom is -0.369 e. The number of nitrogens with zero attached hydrogens (tertiary/aromatic N) is 3. The van der Waals surface area contributed by atoms with Gasteiger partial charge in [-0.15, -0.1) is 0 Å². The van der Waals surface area contributed by atoms with Gasteiger partial charge in [-0.3, -0.25) is 14.9 Å². The van der Waals surface area contributed by atoms with E-state index in [1.807, 2.05) is 9.80 Å². The molecule has 2 aliphatic rings. The Labute approximate surface area is 174 Å². The molecule has 158 valence electrons. The molecule has 2 saturated heterocycles. The summed E-state index contributed by atoms with van der Waals surface area (Å²) in [6, 6.07) is 9.14. The number of carbonyl (C=O) groups excluding carboxylic acids is 1. The maximum absolute atomic E-state index is 14.6. The topological polar surface area (TPSA) is 78.7 Å². The lowest BCUT2D eigenvalue weighted by molar-refractivity contribution is -0.384. The summed E-state index contributed by atoms with van der Waals surface area (Å²) >= 11 is 0. The van der Waals surface area contributed by atoms with Crippen LogP contribution in [0.5, 0.6) is 0 Å². The van der Waals surface area contributed by atoms with Crippen LogP contribution in [0.3, 0.4) is 0 Å². The van der Waals surface area contributed by atoms with Gasteiger partial charge in [-0.2, -0.15) is 0 Å². The molecule has 0 radical (unpaired) electrons. The molecule has 0 aliphatic carbocycles. The lowest BCUT2D eigenvalue weighted by Crippen LogP contribution is -2.30. The van der Waals surface area contributed by atoms with Gasteiger partial charge in [0, 0.05) is 43.5 Å². The Kier molecular flexibility index (Phi) is 5.83. The van der Waals surface area contributed by atoms with Gasteiger partial charge in [0.25, 0.3) is 11.6 Å². The maximum Gasteiger partial charge on any atom is 0.293 e. The van der Waals surface area contributed by atoms with Gasteiger partial charge in [0.1, 0.15) is 11.5 Å². The van der Waals surface area contributed by atoms with Crippen molar-refractivity contribution in [1.82, 2.24) is 0 Å². The van der Waals surface area contributed by atoms with Crippen LogP contribution < -0.4 is 15.1 Å². The number of hydrogen-bond acceptors (Lipinski definition) is 5. The second-order valence-corrected chi connectivity index (χ2v) is 7.82. The Hall–Kier alpha value is -3.16. The zero-order chi connectivity index (χ0) is 21.1. The number of carbonyl (C=O) groups is 1. The summed E-state index contributed by atoms with van der Waals surface area (Å²) in [5, 5.41) is 14.2. The fourth-order valence-electron chi connectivity index (χ4n) is 4.22. The van der Waals surface area contributed by atoms with Gasteiger partial charge < -0.3 is 15.1 Å². The fraction of sp³-hybridized carbons (Fsp3) is 0.409. The molecule has 0 bridgehead atoms. The van der Waals surface area contributed by atoms with Crippen LogP contribution in [-0.2, 0) is 0 Å². The van der Waals surface area contributed by atoms with Gasteiger partial charge in [0.2, 0.25) is 0 Å². The van der Waals surface area contributed by atoms with E-state index in [4.69, 9.17) is 0 Å². The molecule has 0 atom stereocenters. The van der Waals surface area contributed by atoms with E-state index in [-0.39, 0.29) is 17.1 Å². The molecule has 2 aromatic rings. The third-order valence-electron chi connectivity index (χ3n) is 5.78. The van der Waals surface area contributed by atoms with Crippen molar-refractivity contribution in [2.75, 3.05) is 41.3 Å². The molecule has 0 aromatic heterocycles. The Morgan fingerprint density at radius 1 is 0.900 bits per heavy atom. The summed E-state index contributed by atoms with van der Waals surface area (Å²) < 4.78 is 14.6. The first kappa shape index (κ1) is 20.1. The number of anilines is 3. The maximum atomic E-state index is 14.6. The number of benzene rings is 2. The van der Waals surface area contributed by atoms with E-state index >= 15 is 0 Å². The van der Waals surface area contributed by atoms with E-state index in [1.54, 1.807) is 24.3 Å². The summed E-state index contributed by atoms with van der Waals surface area (Å²) in [6.45, 7) is 3.20. The van der Waals surface area contributed by atoms with E-state index in [9.17, 15) is 19.3 Å². The summed E-state index contributed by atoms with van der Waals surface area (Å²) in [5.41, 5.74) is 1.48. The van der Waals surface area contributed by atoms with Gasteiger partial charge in [-0.05, 0) is 62.4 Å². The monoisotopic (exact) mass is 412 g/mol. The molecule has 2 fully saturated rings. The van der Waals surface area contributed by atoms with Crippen LogP contribution in [0.4, 0.5) is 27.1 Å². The number of rotatable bonds is 5. The molecule has 1 N–H and O–H groups in total. The van der Waals surface area contributed by atoms with Crippen LogP contribution in [0, 0.1) is 15.9 Å². The van der Waals surface area contributed by atoms with Crippen molar-refractivity contribution < 1.29 is 14.1 Å². The number of nitro benzene ring substituents is 1. The minimum absolute atomic E-state index is 0.0869. The molecule has 8 heteroatoms. The Bertz CT molecular complexity index is 953. The van der Waals surface area contributed by atoms with Crippen LogP contribution in [0.2, 0.25) is 0 Å². The average Bonchev–Trinajstić information content (AvgIpc) is 3.29. The number of amides is 1. The van der Waals surface area contributed by atoms with Gasteiger partial charge in [-0.1, -0.05) is 0 Å². The van der Waals surface area contributed by atoms with Crippen LogP contribution in [0.25, 0.3) is 0 Å². The number of hydrogen-bond donors (Lipinski definition) is 1. The first-order valence-electron chi connectivity index (χ1n) is 10.4. The van der Waals surface area contributed by atoms with Crippen LogP contribution in [0.15, 0.2) is 36.4 Å². The van der Waals surface area contributed by atoms with Gasteiger partial charge >= 0.3 is 0 Å². The molecule has 1 amide bonds. The molecular formula is C22H25FN4O3. The zero-order valence-corrected chi connectivity index (χ0v) is 16.8. The van der Waals surface area contributed by atoms with Crippen molar-refractivity contribution in [2.45, 2.75) is 32.1 Å². The first-order valence-corrected chi connectivity index (χ1v) is 10.4. The predicted octanol–water partition coefficient (Wildman–Crippen LogP) is 4.58. The minimum atomic E-state index is -0.504. The number of halogens is 1. The second-order valence-electron chi connectivity index (χ2n) is 7.82. The van der Waals surface area contributed by atoms with Gasteiger partial charge in [0.05, 0.1) is 10.6 Å². The highest BCUT2D eigenvalue weighted by Gasteiger charge is 2.24. The highest BCUT2D eigenvalue weighted by Crippen LogP contribution is 2.32. The lowest BCUT2D eigenvalue weighted by atomic mass is 10.1. The summed E-state index contributed by atoms with van der Waals surface area (Å²) in [4.78, 5) is 27.7. The Morgan fingerprint density at radius 2 is 1.50 bits per heavy atom. The molecular weight excluding hydrogens is 387 g/mol. The van der Waals surface area contributed by atoms with E-state index in [0.717, 1.165) is 58.3 Å². The van der Waals surface area contributed by atoms with Crippen molar-refractivity contribution in [1.29, 1.82) is 0 Å². The standard InChI is InChI=1S/C22H25FN4O3/c23-18-15-17(7-9-19(18)25-10-2-1-3-11-25)24-22(28)16-6-8-20(21(14-16)27(29)30)26-12-4-5-13-26/h6-9,14-15H,1-5,10-13H2,(H,24,28). The van der Waals surface area contributed by atoms with Crippen molar-refractivity contribution in [3.63, 3.8) is 0 Å². The Morgan fingerprint density at radius 3 is 2.13 bits per heavy atom. The quantitative estimate of drug-likeness (QED) is 0.575. The molecule has 0 saturated carbocycles. The first-order chi connectivity index (χ1) is 14.5. The van der Waals surface area contributed by atoms with Crippen molar-refractivity contribution in [2.24, 2.45) is 0 Å². The Balaban J connectivity index is 1.51. The number of nitro groups is 1. The second kappa shape index (κ2) is 8.69. The van der Waals surface area contributed by atoms with E-state index in [2.05, 4.69) is 5.32 Å². The SMILES string of the molecule is O=C(Nc1ccc(N2CCCCC2)c(F)c1)c1ccc(N2CCCC2)c([N+](=O)[O-])c1. The molecule has 2 heterocycles. The molecule has 2 aliphatic heterocycles. The predicted molar refractivity (Wildman–Crippen MR) is 115 cm³/mol. The number of piperidine rings is 1. The highest BCUT2D eigenvalue weighted by molar-refractivity contribution is 6.05. The zero-order valence-electron chi connectivity index (χ0n) is 16.8. The fourth-order valence-corrected chi connectivity index (χ4v) is 4.22. The van der Waals surface area contributed by atoms with Crippen molar-refractivity contribution in [3.8, 4) is 0 Å². The molecule has 30 heavy (non-hydrogen) atoms. The normalized spacial score (nSPS) is 16.6. The van der Waals surface area contributed by atoms with Gasteiger partial charge in [-0.25, -0.2) is 4.39 Å². The van der Waals surface area contributed by atoms with Crippen molar-refractivity contribution in [3.05, 3.63) is 57.9 Å². The van der Waals surface area contributed by atoms with E-state index < -0.39 is 10.8 Å². The molecule has 2 aromatic carbocycles. The van der Waals surface area contributed by atoms with Crippen LogP contribution in [-0.4, -0.2) is 37.0 Å². The van der Waals surface area contributed by atoms with Crippen LogP contribution in [0.1, 0.15) is 42.5 Å². The lowest BCUT2D eigenvalue weighted by Gasteiger charge is -2.29. The molecule has 7 nitrogen and oxygen atoms in total. The third-order valence-corrected chi connectivity index (χ3v) is 5.78. The van der Waals surface area contributed by atoms with E-state index in [1.165, 1.54) is 12.1 Å². The smallest absolute Gasteiger partial charge is 0.293 e. The average molecular weight is 412 g/mol. The molecule has 0 unspecified atom stereocenters. The van der Waals surface area contributed by atoms with Gasteiger partial charge in [0.15, 0.2) is 0 Å². The van der Waals surface area contributed by atoms with E-state index in [0.29, 0.717) is 17.1 Å². The number of nitrogens with one attached hydrogen (secondary N) is 1. The third kappa shape index (κ3) is 4.22. The molecule has 4 rings (SSSR count). The largest absolute Gasteiger partial charge is 0.369 e. The van der Waals surface area contributed by atoms with Crippen molar-refractivity contribution >= 4 is 28.7 Å². The summed E-state index contributed by atoms with van der Waals surface area (Å²) in [5.74, 6) is -0.888. The summed E-state index contributed by atoms with van der Waals surface area (Å²) in [6.07, 6.45) is 5.25. The molecule has 0 spiro atoms. The van der Waals surface area contributed by atoms with Crippen LogP contribution >= 0.6 is 0 Å².